The van der Waals surface area contributed by atoms with E-state index in [2.05, 4.69) is 18.0 Å². The van der Waals surface area contributed by atoms with Crippen molar-refractivity contribution in [2.45, 2.75) is 64.1 Å². The van der Waals surface area contributed by atoms with Crippen LogP contribution < -0.4 is 0 Å². The van der Waals surface area contributed by atoms with Crippen LogP contribution in [-0.4, -0.2) is 32.2 Å². The normalized spacial score (nSPS) is 34.8. The fourth-order valence-corrected chi connectivity index (χ4v) is 7.08. The number of nitrogens with zero attached hydrogens (tertiary/aromatic N) is 1. The molecule has 1 saturated heterocycles. The van der Waals surface area contributed by atoms with E-state index in [0.29, 0.717) is 0 Å². The summed E-state index contributed by atoms with van der Waals surface area (Å²) in [4.78, 5) is 0. The summed E-state index contributed by atoms with van der Waals surface area (Å²) in [6.45, 7) is 6.80. The molecule has 1 unspecified atom stereocenters. The van der Waals surface area contributed by atoms with Gasteiger partial charge in [0.15, 0.2) is 0 Å². The van der Waals surface area contributed by atoms with Crippen molar-refractivity contribution in [2.24, 2.45) is 0 Å². The zero-order chi connectivity index (χ0) is 10.7. The highest BCUT2D eigenvalue weighted by Gasteiger charge is 2.44. The van der Waals surface area contributed by atoms with Gasteiger partial charge in [0.1, 0.15) is 0 Å². The van der Waals surface area contributed by atoms with Gasteiger partial charge in [0.25, 0.3) is 8.48 Å². The van der Waals surface area contributed by atoms with Crippen molar-refractivity contribution in [1.82, 2.24) is 4.57 Å². The van der Waals surface area contributed by atoms with E-state index in [0.717, 1.165) is 12.6 Å². The Hall–Kier alpha value is 0.137. The summed E-state index contributed by atoms with van der Waals surface area (Å²) in [6.07, 6.45) is 8.57. The maximum atomic E-state index is 6.12. The molecule has 0 amide bonds. The van der Waals surface area contributed by atoms with Crippen LogP contribution in [0.4, 0.5) is 0 Å². The molecule has 2 fully saturated rings. The zero-order valence-corrected chi connectivity index (χ0v) is 11.3. The largest absolute Gasteiger partial charge is 0.403 e. The molecule has 88 valence electrons. The van der Waals surface area contributed by atoms with Gasteiger partial charge in [0.2, 0.25) is 0 Å². The van der Waals surface area contributed by atoms with Crippen molar-refractivity contribution in [3.63, 3.8) is 0 Å². The van der Waals surface area contributed by atoms with Gasteiger partial charge in [-0.3, -0.25) is 4.57 Å². The van der Waals surface area contributed by atoms with Gasteiger partial charge in [-0.15, -0.1) is 0 Å². The van der Waals surface area contributed by atoms with Gasteiger partial charge >= 0.3 is 0 Å². The predicted molar refractivity (Wildman–Crippen MR) is 66.2 cm³/mol. The fraction of sp³-hybridized carbons (Fsp3) is 1.00. The van der Waals surface area contributed by atoms with E-state index in [-0.39, 0.29) is 0 Å². The van der Waals surface area contributed by atoms with Gasteiger partial charge in [-0.25, -0.2) is 0 Å². The van der Waals surface area contributed by atoms with Gasteiger partial charge in [0.05, 0.1) is 0 Å². The molecule has 0 bridgehead atoms. The molecule has 2 rings (SSSR count). The van der Waals surface area contributed by atoms with Crippen molar-refractivity contribution < 1.29 is 4.43 Å². The van der Waals surface area contributed by atoms with E-state index in [1.165, 1.54) is 51.1 Å². The minimum Gasteiger partial charge on any atom is -0.403 e. The maximum Gasteiger partial charge on any atom is 0.268 e. The molecule has 15 heavy (non-hydrogen) atoms. The molecule has 1 aliphatic carbocycles. The highest BCUT2D eigenvalue weighted by molar-refractivity contribution is 6.70. The third kappa shape index (κ3) is 2.45. The lowest BCUT2D eigenvalue weighted by atomic mass is 9.95. The second kappa shape index (κ2) is 4.98. The third-order valence-electron chi connectivity index (χ3n) is 4.12. The quantitative estimate of drug-likeness (QED) is 0.687. The molecule has 0 spiro atoms. The van der Waals surface area contributed by atoms with Gasteiger partial charge in [-0.2, -0.15) is 0 Å². The van der Waals surface area contributed by atoms with Crippen LogP contribution in [0.1, 0.15) is 45.4 Å². The Morgan fingerprint density at radius 1 is 1.20 bits per heavy atom. The van der Waals surface area contributed by atoms with Crippen LogP contribution in [0, 0.1) is 0 Å². The Balaban J connectivity index is 1.99. The molecule has 0 N–H and O–H groups in total. The van der Waals surface area contributed by atoms with E-state index in [1.54, 1.807) is 0 Å². The molecule has 2 nitrogen and oxygen atoms in total. The van der Waals surface area contributed by atoms with Crippen molar-refractivity contribution in [2.75, 3.05) is 13.2 Å². The summed E-state index contributed by atoms with van der Waals surface area (Å²) in [7, 11) is -1.47. The van der Waals surface area contributed by atoms with Gasteiger partial charge in [-0.1, -0.05) is 19.3 Å². The molecule has 1 heterocycles. The Labute approximate surface area is 95.2 Å². The van der Waals surface area contributed by atoms with Crippen molar-refractivity contribution >= 4 is 8.48 Å². The number of hydrogen-bond donors (Lipinski definition) is 0. The SMILES string of the molecule is CCO[Si]1(C)CCCN1C1CCCCC1. The highest BCUT2D eigenvalue weighted by atomic mass is 28.4. The van der Waals surface area contributed by atoms with Gasteiger partial charge < -0.3 is 4.43 Å². The second-order valence-electron chi connectivity index (χ2n) is 5.20. The first-order valence-corrected chi connectivity index (χ1v) is 9.23. The lowest BCUT2D eigenvalue weighted by Gasteiger charge is -2.40. The van der Waals surface area contributed by atoms with Crippen molar-refractivity contribution in [1.29, 1.82) is 0 Å². The van der Waals surface area contributed by atoms with Crippen LogP contribution in [0.5, 0.6) is 0 Å². The smallest absolute Gasteiger partial charge is 0.268 e. The summed E-state index contributed by atoms with van der Waals surface area (Å²) < 4.78 is 8.91. The van der Waals surface area contributed by atoms with Crippen LogP contribution in [0.15, 0.2) is 0 Å². The fourth-order valence-electron chi connectivity index (χ4n) is 3.39. The van der Waals surface area contributed by atoms with Gasteiger partial charge in [0, 0.05) is 12.6 Å². The summed E-state index contributed by atoms with van der Waals surface area (Å²) in [5, 5.41) is 0. The topological polar surface area (TPSA) is 12.5 Å². The third-order valence-corrected chi connectivity index (χ3v) is 8.11. The minimum absolute atomic E-state index is 0.865. The Morgan fingerprint density at radius 3 is 2.60 bits per heavy atom. The standard InChI is InChI=1S/C12H25NOSi/c1-3-14-15(2)11-7-10-13(15)12-8-5-4-6-9-12/h12H,3-11H2,1-2H3. The minimum atomic E-state index is -1.47. The molecule has 1 atom stereocenters. The second-order valence-corrected chi connectivity index (χ2v) is 8.91. The summed E-state index contributed by atoms with van der Waals surface area (Å²) in [6, 6.07) is 2.22. The lowest BCUT2D eigenvalue weighted by Crippen LogP contribution is -2.54. The van der Waals surface area contributed by atoms with Crippen LogP contribution in [0.2, 0.25) is 12.6 Å². The van der Waals surface area contributed by atoms with Crippen LogP contribution in [0.3, 0.4) is 0 Å². The molecule has 1 aliphatic heterocycles. The molecule has 1 saturated carbocycles. The molecule has 0 aromatic rings. The Kier molecular flexibility index (Phi) is 3.86. The number of rotatable bonds is 3. The van der Waals surface area contributed by atoms with E-state index < -0.39 is 8.48 Å². The van der Waals surface area contributed by atoms with Crippen LogP contribution in [0.25, 0.3) is 0 Å². The Morgan fingerprint density at radius 2 is 1.93 bits per heavy atom. The molecular weight excluding hydrogens is 202 g/mol. The summed E-state index contributed by atoms with van der Waals surface area (Å²) in [5.74, 6) is 0. The first-order valence-electron chi connectivity index (χ1n) is 6.67. The molecule has 0 radical (unpaired) electrons. The maximum absolute atomic E-state index is 6.12. The average Bonchev–Trinajstić information content (AvgIpc) is 2.62. The summed E-state index contributed by atoms with van der Waals surface area (Å²) >= 11 is 0. The van der Waals surface area contributed by atoms with E-state index in [1.807, 2.05) is 0 Å². The molecular formula is C12H25NOSi. The average molecular weight is 227 g/mol. The van der Waals surface area contributed by atoms with Crippen molar-refractivity contribution in [3.8, 4) is 0 Å². The lowest BCUT2D eigenvalue weighted by molar-refractivity contribution is 0.203. The Bertz CT molecular complexity index is 206. The highest BCUT2D eigenvalue weighted by Crippen LogP contribution is 2.34. The first kappa shape index (κ1) is 11.6. The van der Waals surface area contributed by atoms with E-state index in [9.17, 15) is 0 Å². The molecule has 2 aliphatic rings. The molecule has 0 aromatic carbocycles. The van der Waals surface area contributed by atoms with E-state index in [4.69, 9.17) is 4.43 Å². The van der Waals surface area contributed by atoms with Crippen LogP contribution >= 0.6 is 0 Å². The van der Waals surface area contributed by atoms with E-state index >= 15 is 0 Å². The summed E-state index contributed by atoms with van der Waals surface area (Å²) in [5.41, 5.74) is 0. The van der Waals surface area contributed by atoms with Crippen LogP contribution in [-0.2, 0) is 4.43 Å². The number of hydrogen-bond acceptors (Lipinski definition) is 2. The predicted octanol–water partition coefficient (Wildman–Crippen LogP) is 3.13. The zero-order valence-electron chi connectivity index (χ0n) is 10.3. The van der Waals surface area contributed by atoms with Gasteiger partial charge in [-0.05, 0) is 45.3 Å². The first-order chi connectivity index (χ1) is 7.26. The molecule has 0 aromatic heterocycles. The van der Waals surface area contributed by atoms with Crippen molar-refractivity contribution in [3.05, 3.63) is 0 Å². The molecule has 3 heteroatoms. The monoisotopic (exact) mass is 227 g/mol.